The number of halogens is 2. The number of amides is 5. The lowest BCUT2D eigenvalue weighted by Crippen LogP contribution is -2.53. The molecule has 2 aliphatic rings. The quantitative estimate of drug-likeness (QED) is 0.118. The van der Waals surface area contributed by atoms with E-state index in [1.807, 2.05) is 66.1 Å². The van der Waals surface area contributed by atoms with Crippen molar-refractivity contribution in [1.82, 2.24) is 29.6 Å². The van der Waals surface area contributed by atoms with Gasteiger partial charge in [-0.1, -0.05) is 36.4 Å². The molecular weight excluding hydrogens is 841 g/mol. The number of hydrogen-bond donors (Lipinski definition) is 3. The minimum absolute atomic E-state index is 0.0281. The molecule has 6 aromatic rings. The first-order valence-corrected chi connectivity index (χ1v) is 21.8. The number of rotatable bonds is 10. The summed E-state index contributed by atoms with van der Waals surface area (Å²) in [6, 6.07) is 27.3. The Morgan fingerprint density at radius 3 is 1.56 bits per heavy atom. The number of nitrogens with one attached hydrogen (secondary N) is 2. The van der Waals surface area contributed by atoms with Crippen LogP contribution < -0.4 is 16.4 Å². The monoisotopic (exact) mass is 893 g/mol. The molecule has 0 saturated carbocycles. The second-order valence-electron chi connectivity index (χ2n) is 16.6. The van der Waals surface area contributed by atoms with Crippen molar-refractivity contribution in [2.45, 2.75) is 45.9 Å². The van der Waals surface area contributed by atoms with Crippen LogP contribution in [0, 0.1) is 11.6 Å². The second kappa shape index (κ2) is 21.5. The first-order chi connectivity index (χ1) is 31.8. The van der Waals surface area contributed by atoms with E-state index in [9.17, 15) is 28.0 Å². The highest BCUT2D eigenvalue weighted by Crippen LogP contribution is 2.26. The molecule has 340 valence electrons. The zero-order chi connectivity index (χ0) is 46.7. The van der Waals surface area contributed by atoms with Crippen molar-refractivity contribution < 1.29 is 28.0 Å². The number of carbonyl (C=O) groups excluding carboxylic acids is 4. The van der Waals surface area contributed by atoms with Gasteiger partial charge in [-0.25, -0.2) is 13.6 Å². The molecule has 15 heteroatoms. The van der Waals surface area contributed by atoms with Crippen LogP contribution in [-0.2, 0) is 27.5 Å². The maximum atomic E-state index is 13.1. The number of carbonyl (C=O) groups is 4. The number of primary amides is 1. The summed E-state index contributed by atoms with van der Waals surface area (Å²) in [6.45, 7) is 11.1. The Labute approximate surface area is 382 Å². The van der Waals surface area contributed by atoms with Crippen LogP contribution in [-0.4, -0.2) is 105 Å². The Morgan fingerprint density at radius 2 is 1.09 bits per heavy atom. The van der Waals surface area contributed by atoms with Crippen molar-refractivity contribution in [1.29, 1.82) is 0 Å². The van der Waals surface area contributed by atoms with Gasteiger partial charge in [-0.05, 0) is 103 Å². The molecule has 2 fully saturated rings. The Kier molecular flexibility index (Phi) is 15.2. The predicted octanol–water partition coefficient (Wildman–Crippen LogP) is 7.69. The number of nitrogens with two attached hydrogens (primary N) is 1. The van der Waals surface area contributed by atoms with Crippen molar-refractivity contribution in [3.05, 3.63) is 155 Å². The number of piperazine rings is 2. The van der Waals surface area contributed by atoms with Gasteiger partial charge in [0.05, 0.1) is 16.7 Å². The Balaban J connectivity index is 0.000000196. The summed E-state index contributed by atoms with van der Waals surface area (Å²) in [5.74, 6) is -0.825. The summed E-state index contributed by atoms with van der Waals surface area (Å²) >= 11 is 0. The fourth-order valence-electron chi connectivity index (χ4n) is 8.31. The van der Waals surface area contributed by atoms with E-state index >= 15 is 0 Å². The third-order valence-electron chi connectivity index (χ3n) is 11.6. The molecule has 2 atom stereocenters. The van der Waals surface area contributed by atoms with Crippen LogP contribution in [0.2, 0.25) is 0 Å². The number of hydrogen-bond acceptors (Lipinski definition) is 8. The molecule has 4 heterocycles. The molecule has 66 heavy (non-hydrogen) atoms. The number of benzene rings is 4. The minimum Gasteiger partial charge on any atom is -0.351 e. The second-order valence-corrected chi connectivity index (χ2v) is 16.6. The van der Waals surface area contributed by atoms with Crippen LogP contribution in [0.4, 0.5) is 25.0 Å². The van der Waals surface area contributed by atoms with E-state index in [0.29, 0.717) is 30.0 Å². The highest BCUT2D eigenvalue weighted by atomic mass is 19.1. The molecule has 5 amide bonds. The molecule has 4 aromatic carbocycles. The van der Waals surface area contributed by atoms with Crippen molar-refractivity contribution in [2.24, 2.45) is 5.73 Å². The molecule has 0 spiro atoms. The molecule has 2 aromatic heterocycles. The molecular formula is C51H53F2N9O4. The van der Waals surface area contributed by atoms with Crippen molar-refractivity contribution in [3.8, 4) is 0 Å². The molecule has 4 N–H and O–H groups in total. The summed E-state index contributed by atoms with van der Waals surface area (Å²) in [6.07, 6.45) is 9.90. The van der Waals surface area contributed by atoms with E-state index in [2.05, 4.69) is 30.4 Å². The van der Waals surface area contributed by atoms with Gasteiger partial charge in [0.15, 0.2) is 0 Å². The highest BCUT2D eigenvalue weighted by Gasteiger charge is 2.27. The van der Waals surface area contributed by atoms with Gasteiger partial charge in [0.25, 0.3) is 0 Å². The van der Waals surface area contributed by atoms with Crippen LogP contribution in [0.25, 0.3) is 34.0 Å². The number of urea groups is 1. The van der Waals surface area contributed by atoms with E-state index in [0.717, 1.165) is 77.8 Å². The molecule has 0 radical (unpaired) electrons. The lowest BCUT2D eigenvalue weighted by Gasteiger charge is -2.39. The number of nitrogens with zero attached hydrogens (tertiary/aromatic N) is 6. The smallest absolute Gasteiger partial charge is 0.316 e. The van der Waals surface area contributed by atoms with Gasteiger partial charge in [0.2, 0.25) is 17.7 Å². The lowest BCUT2D eigenvalue weighted by atomic mass is 10.1. The van der Waals surface area contributed by atoms with Gasteiger partial charge in [-0.3, -0.25) is 34.2 Å². The van der Waals surface area contributed by atoms with Gasteiger partial charge < -0.3 is 26.2 Å². The van der Waals surface area contributed by atoms with Crippen LogP contribution in [0.1, 0.15) is 43.0 Å². The molecule has 0 bridgehead atoms. The van der Waals surface area contributed by atoms with Crippen molar-refractivity contribution in [3.63, 3.8) is 0 Å². The van der Waals surface area contributed by atoms with Crippen LogP contribution in [0.5, 0.6) is 0 Å². The van der Waals surface area contributed by atoms with E-state index in [1.54, 1.807) is 61.0 Å². The third kappa shape index (κ3) is 12.5. The third-order valence-corrected chi connectivity index (χ3v) is 11.6. The Hall–Kier alpha value is -7.36. The maximum absolute atomic E-state index is 13.1. The molecule has 2 unspecified atom stereocenters. The van der Waals surface area contributed by atoms with Gasteiger partial charge >= 0.3 is 6.03 Å². The summed E-state index contributed by atoms with van der Waals surface area (Å²) in [7, 11) is 0. The average Bonchev–Trinajstić information content (AvgIpc) is 3.29. The van der Waals surface area contributed by atoms with E-state index in [4.69, 9.17) is 5.73 Å². The number of pyridine rings is 2. The molecule has 2 aliphatic heterocycles. The van der Waals surface area contributed by atoms with Gasteiger partial charge in [-0.2, -0.15) is 0 Å². The van der Waals surface area contributed by atoms with E-state index in [-0.39, 0.29) is 41.4 Å². The predicted molar refractivity (Wildman–Crippen MR) is 255 cm³/mol. The first kappa shape index (κ1) is 46.6. The standard InChI is InChI=1S/C26H27FN4O2.C25H26FN5O2/c1-18-16-30(17-20-5-8-23(27)9-6-20)12-13-31(18)26(33)10-7-22-14-24-21(4-3-11-28-24)15-25(22)29-19(2)32;1-17-15-30(16-18-4-7-21(26)8-5-18)11-12-31(17)24(32)9-6-20-13-19-3-2-10-28-22(19)14-23(20)29-25(27)33/h3-11,14-15,18H,12-13,16-17H2,1-2H3,(H,29,32);2-10,13-14,17H,11-12,15-16H2,1H3,(H3,27,29,33)/b10-7+;9-6+. The van der Waals surface area contributed by atoms with Gasteiger partial charge in [-0.15, -0.1) is 0 Å². The molecule has 8 rings (SSSR count). The van der Waals surface area contributed by atoms with Gasteiger partial charge in [0, 0.05) is 118 Å². The maximum Gasteiger partial charge on any atom is 0.316 e. The Morgan fingerprint density at radius 1 is 0.636 bits per heavy atom. The van der Waals surface area contributed by atoms with Crippen LogP contribution >= 0.6 is 0 Å². The zero-order valence-corrected chi connectivity index (χ0v) is 37.2. The number of fused-ring (bicyclic) bond motifs is 2. The molecule has 13 nitrogen and oxygen atoms in total. The van der Waals surface area contributed by atoms with E-state index in [1.165, 1.54) is 37.3 Å². The lowest BCUT2D eigenvalue weighted by molar-refractivity contribution is -0.131. The number of anilines is 2. The topological polar surface area (TPSA) is 157 Å². The van der Waals surface area contributed by atoms with Crippen LogP contribution in [0.15, 0.2) is 122 Å². The first-order valence-electron chi connectivity index (χ1n) is 21.8. The fraction of sp³-hybridized carbons (Fsp3) is 0.255. The van der Waals surface area contributed by atoms with Gasteiger partial charge in [0.1, 0.15) is 11.6 Å². The average molecular weight is 894 g/mol. The largest absolute Gasteiger partial charge is 0.351 e. The minimum atomic E-state index is -0.683. The van der Waals surface area contributed by atoms with E-state index < -0.39 is 6.03 Å². The highest BCUT2D eigenvalue weighted by molar-refractivity contribution is 6.00. The van der Waals surface area contributed by atoms with Crippen LogP contribution in [0.3, 0.4) is 0 Å². The summed E-state index contributed by atoms with van der Waals surface area (Å²) in [4.78, 5) is 65.9. The summed E-state index contributed by atoms with van der Waals surface area (Å²) in [5.41, 5.74) is 11.5. The number of aromatic nitrogens is 2. The van der Waals surface area contributed by atoms with Crippen molar-refractivity contribution >= 4 is 69.1 Å². The summed E-state index contributed by atoms with van der Waals surface area (Å²) in [5, 5.41) is 7.24. The normalized spacial score (nSPS) is 16.9. The summed E-state index contributed by atoms with van der Waals surface area (Å²) < 4.78 is 26.3. The molecule has 0 aliphatic carbocycles. The molecule has 2 saturated heterocycles. The SMILES string of the molecule is CC(=O)Nc1cc2cccnc2cc1/C=C/C(=O)N1CCN(Cc2ccc(F)cc2)CC1C.CC1CN(Cc2ccc(F)cc2)CCN1C(=O)/C=C/c1cc2cccnc2cc1NC(N)=O. The Bertz CT molecular complexity index is 2580. The van der Waals surface area contributed by atoms with Crippen molar-refractivity contribution in [2.75, 3.05) is 49.9 Å². The fourth-order valence-corrected chi connectivity index (χ4v) is 8.31. The zero-order valence-electron chi connectivity index (χ0n) is 37.2.